The van der Waals surface area contributed by atoms with E-state index in [0.717, 1.165) is 11.1 Å². The number of hydroxylamine groups is 1. The fourth-order valence-electron chi connectivity index (χ4n) is 4.62. The van der Waals surface area contributed by atoms with Crippen LogP contribution in [0.5, 0.6) is 5.75 Å². The summed E-state index contributed by atoms with van der Waals surface area (Å²) >= 11 is 0. The number of amides is 3. The van der Waals surface area contributed by atoms with Gasteiger partial charge < -0.3 is 30.3 Å². The Bertz CT molecular complexity index is 1560. The number of rotatable bonds is 16. The van der Waals surface area contributed by atoms with Crippen LogP contribution in [0.4, 0.5) is 4.79 Å². The van der Waals surface area contributed by atoms with E-state index in [4.69, 9.17) is 19.4 Å². The van der Waals surface area contributed by atoms with Crippen LogP contribution in [0.3, 0.4) is 0 Å². The molecule has 13 heteroatoms. The van der Waals surface area contributed by atoms with Crippen LogP contribution in [0.2, 0.25) is 0 Å². The van der Waals surface area contributed by atoms with Crippen molar-refractivity contribution in [3.63, 3.8) is 0 Å². The third-order valence-electron chi connectivity index (χ3n) is 6.83. The molecule has 0 aliphatic rings. The Hall–Kier alpha value is -5.43. The van der Waals surface area contributed by atoms with Gasteiger partial charge in [-0.2, -0.15) is 0 Å². The van der Waals surface area contributed by atoms with Gasteiger partial charge >= 0.3 is 18.0 Å². The molecule has 0 fully saturated rings. The summed E-state index contributed by atoms with van der Waals surface area (Å²) in [7, 11) is 0. The average molecular weight is 664 g/mol. The third kappa shape index (κ3) is 12.1. The number of benzene rings is 3. The molecule has 13 nitrogen and oxygen atoms in total. The zero-order valence-electron chi connectivity index (χ0n) is 27.2. The molecule has 3 aromatic carbocycles. The quantitative estimate of drug-likeness (QED) is 0.139. The molecule has 0 bridgehead atoms. The summed E-state index contributed by atoms with van der Waals surface area (Å²) in [4.78, 5) is 68.8. The van der Waals surface area contributed by atoms with Crippen molar-refractivity contribution in [2.24, 2.45) is 0 Å². The van der Waals surface area contributed by atoms with Gasteiger partial charge in [0.25, 0.3) is 5.91 Å². The zero-order chi connectivity index (χ0) is 35.3. The van der Waals surface area contributed by atoms with E-state index in [0.29, 0.717) is 12.0 Å². The molecule has 5 N–H and O–H groups in total. The summed E-state index contributed by atoms with van der Waals surface area (Å²) in [6.07, 6.45) is -0.954. The minimum Gasteiger partial charge on any atom is -0.481 e. The zero-order valence-corrected chi connectivity index (χ0v) is 27.2. The number of carbonyl (C=O) groups is 5. The minimum absolute atomic E-state index is 0.0709. The van der Waals surface area contributed by atoms with E-state index < -0.39 is 60.2 Å². The van der Waals surface area contributed by atoms with Gasteiger partial charge in [0.1, 0.15) is 35.1 Å². The third-order valence-corrected chi connectivity index (χ3v) is 6.83. The first-order valence-corrected chi connectivity index (χ1v) is 15.3. The Balaban J connectivity index is 1.91. The van der Waals surface area contributed by atoms with Crippen LogP contribution in [0.25, 0.3) is 0 Å². The highest BCUT2D eigenvalue weighted by molar-refractivity contribution is 5.92. The number of carboxylic acids is 2. The Labute approximate surface area is 278 Å². The van der Waals surface area contributed by atoms with Crippen LogP contribution >= 0.6 is 0 Å². The molecule has 0 aliphatic carbocycles. The molecule has 0 heterocycles. The van der Waals surface area contributed by atoms with Crippen LogP contribution < -0.4 is 20.9 Å². The number of ether oxygens (including phenoxy) is 2. The largest absolute Gasteiger partial charge is 0.481 e. The standard InChI is InChI=1S/C35H41N3O10/c1-5-28(24-14-10-7-11-15-24)48-38-32(42)27(20-23-16-17-29(46-21-30(39)40)25(18-23)33(43)44)36-31(41)26(19-22-12-8-6-9-13-22)37-34(45)47-35(2,3)4/h6-18,26-28H,5,19-21H2,1-4H3,(H,36,41)(H,37,45)(H,38,42)(H,39,40)(H,43,44)/t26-,27-,28-/m0/s1. The van der Waals surface area contributed by atoms with Crippen molar-refractivity contribution in [2.75, 3.05) is 6.61 Å². The van der Waals surface area contributed by atoms with Gasteiger partial charge in [0.15, 0.2) is 6.61 Å². The van der Waals surface area contributed by atoms with Gasteiger partial charge in [-0.3, -0.25) is 14.4 Å². The van der Waals surface area contributed by atoms with Crippen LogP contribution in [-0.2, 0) is 36.8 Å². The highest BCUT2D eigenvalue weighted by Crippen LogP contribution is 2.22. The molecule has 0 saturated heterocycles. The molecule has 3 atom stereocenters. The summed E-state index contributed by atoms with van der Waals surface area (Å²) in [5.74, 6) is -4.30. The lowest BCUT2D eigenvalue weighted by molar-refractivity contribution is -0.143. The molecule has 0 aliphatic heterocycles. The molecule has 3 aromatic rings. The first-order chi connectivity index (χ1) is 22.8. The second-order valence-corrected chi connectivity index (χ2v) is 11.9. The van der Waals surface area contributed by atoms with E-state index in [9.17, 15) is 29.1 Å². The number of nitrogens with one attached hydrogen (secondary N) is 3. The number of aliphatic carboxylic acids is 1. The Morgan fingerprint density at radius 1 is 0.771 bits per heavy atom. The molecule has 0 unspecified atom stereocenters. The van der Waals surface area contributed by atoms with E-state index >= 15 is 0 Å². The number of hydrogen-bond donors (Lipinski definition) is 5. The Morgan fingerprint density at radius 2 is 1.38 bits per heavy atom. The van der Waals surface area contributed by atoms with Crippen LogP contribution in [0.15, 0.2) is 78.9 Å². The van der Waals surface area contributed by atoms with E-state index in [1.54, 1.807) is 45.0 Å². The predicted octanol–water partition coefficient (Wildman–Crippen LogP) is 4.21. The number of carbonyl (C=O) groups excluding carboxylic acids is 3. The summed E-state index contributed by atoms with van der Waals surface area (Å²) < 4.78 is 10.5. The maximum absolute atomic E-state index is 13.8. The molecule has 0 radical (unpaired) electrons. The molecule has 0 aromatic heterocycles. The number of hydrogen-bond acceptors (Lipinski definition) is 8. The molecule has 48 heavy (non-hydrogen) atoms. The maximum Gasteiger partial charge on any atom is 0.408 e. The smallest absolute Gasteiger partial charge is 0.408 e. The van der Waals surface area contributed by atoms with E-state index in [1.165, 1.54) is 18.2 Å². The molecular formula is C35H41N3O10. The van der Waals surface area contributed by atoms with Crippen LogP contribution in [0, 0.1) is 0 Å². The van der Waals surface area contributed by atoms with Gasteiger partial charge in [-0.15, -0.1) is 0 Å². The lowest BCUT2D eigenvalue weighted by Gasteiger charge is -2.26. The van der Waals surface area contributed by atoms with Gasteiger partial charge in [-0.25, -0.2) is 19.9 Å². The van der Waals surface area contributed by atoms with Gasteiger partial charge in [0, 0.05) is 12.8 Å². The van der Waals surface area contributed by atoms with Crippen molar-refractivity contribution >= 4 is 29.8 Å². The second kappa shape index (κ2) is 17.5. The molecular weight excluding hydrogens is 622 g/mol. The lowest BCUT2D eigenvalue weighted by atomic mass is 10.0. The summed E-state index contributed by atoms with van der Waals surface area (Å²) in [5.41, 5.74) is 3.11. The summed E-state index contributed by atoms with van der Waals surface area (Å²) in [6, 6.07) is 19.6. The van der Waals surface area contributed by atoms with Gasteiger partial charge in [0.2, 0.25) is 5.91 Å². The normalized spacial score (nSPS) is 12.9. The number of carboxylic acid groups (broad SMARTS) is 2. The first kappa shape index (κ1) is 37.0. The SMILES string of the molecule is CC[C@H](ONC(=O)[C@H](Cc1ccc(OCC(=O)O)c(C(=O)O)c1)NC(=O)[C@H](Cc1ccccc1)NC(=O)OC(C)(C)C)c1ccccc1. The molecule has 3 rings (SSSR count). The van der Waals surface area contributed by atoms with Crippen molar-refractivity contribution in [1.82, 2.24) is 16.1 Å². The average Bonchev–Trinajstić information content (AvgIpc) is 3.03. The first-order valence-electron chi connectivity index (χ1n) is 15.3. The monoisotopic (exact) mass is 663 g/mol. The van der Waals surface area contributed by atoms with E-state index in [1.807, 2.05) is 43.3 Å². The van der Waals surface area contributed by atoms with Gasteiger partial charge in [-0.1, -0.05) is 73.7 Å². The highest BCUT2D eigenvalue weighted by atomic mass is 16.7. The van der Waals surface area contributed by atoms with Crippen molar-refractivity contribution in [2.45, 2.75) is 70.7 Å². The van der Waals surface area contributed by atoms with Crippen molar-refractivity contribution in [3.8, 4) is 5.75 Å². The van der Waals surface area contributed by atoms with E-state index in [-0.39, 0.29) is 24.2 Å². The predicted molar refractivity (Wildman–Crippen MR) is 174 cm³/mol. The fraction of sp³-hybridized carbons (Fsp3) is 0.343. The molecule has 0 saturated carbocycles. The topological polar surface area (TPSA) is 190 Å². The van der Waals surface area contributed by atoms with Crippen molar-refractivity contribution < 1.29 is 48.5 Å². The molecule has 0 spiro atoms. The Kier molecular flexibility index (Phi) is 13.5. The van der Waals surface area contributed by atoms with Gasteiger partial charge in [-0.05, 0) is 56.0 Å². The fourth-order valence-corrected chi connectivity index (χ4v) is 4.62. The summed E-state index contributed by atoms with van der Waals surface area (Å²) in [6.45, 7) is 6.16. The highest BCUT2D eigenvalue weighted by Gasteiger charge is 2.30. The van der Waals surface area contributed by atoms with Gasteiger partial charge in [0.05, 0.1) is 0 Å². The number of aromatic carboxylic acids is 1. The lowest BCUT2D eigenvalue weighted by Crippen LogP contribution is -2.55. The van der Waals surface area contributed by atoms with Crippen LogP contribution in [-0.4, -0.2) is 64.4 Å². The maximum atomic E-state index is 13.8. The second-order valence-electron chi connectivity index (χ2n) is 11.9. The molecule has 3 amide bonds. The Morgan fingerprint density at radius 3 is 1.96 bits per heavy atom. The minimum atomic E-state index is -1.39. The summed E-state index contributed by atoms with van der Waals surface area (Å²) in [5, 5.41) is 24.0. The molecule has 256 valence electrons. The van der Waals surface area contributed by atoms with Crippen molar-refractivity contribution in [3.05, 3.63) is 101 Å². The number of alkyl carbamates (subject to hydrolysis) is 1. The van der Waals surface area contributed by atoms with E-state index in [2.05, 4.69) is 16.1 Å². The van der Waals surface area contributed by atoms with Crippen LogP contribution in [0.1, 0.15) is 67.3 Å². The van der Waals surface area contributed by atoms with Crippen molar-refractivity contribution in [1.29, 1.82) is 0 Å².